The second-order valence-corrected chi connectivity index (χ2v) is 6.47. The first-order valence-electron chi connectivity index (χ1n) is 7.21. The zero-order chi connectivity index (χ0) is 15.1. The normalized spacial score (nSPS) is 10.6. The Balaban J connectivity index is 2.18. The molecular weight excluding hydrogens is 346 g/mol. The highest BCUT2D eigenvalue weighted by molar-refractivity contribution is 9.10. The standard InChI is InChI=1S/C16H20BrN3S/c1-3-8-13-15(17)16(18-4-2)20-14(19-13)11-21-12-9-6-5-7-10-12/h5-7,9-10H,3-4,8,11H2,1-2H3,(H,18,19,20). The van der Waals surface area contributed by atoms with E-state index >= 15 is 0 Å². The van der Waals surface area contributed by atoms with Crippen molar-refractivity contribution in [2.45, 2.75) is 37.3 Å². The molecule has 0 fully saturated rings. The van der Waals surface area contributed by atoms with Gasteiger partial charge in [0.25, 0.3) is 0 Å². The number of aromatic nitrogens is 2. The molecule has 5 heteroatoms. The van der Waals surface area contributed by atoms with Crippen LogP contribution in [0.4, 0.5) is 5.82 Å². The summed E-state index contributed by atoms with van der Waals surface area (Å²) in [6, 6.07) is 10.4. The van der Waals surface area contributed by atoms with E-state index in [1.807, 2.05) is 6.07 Å². The van der Waals surface area contributed by atoms with E-state index in [-0.39, 0.29) is 0 Å². The van der Waals surface area contributed by atoms with Crippen LogP contribution in [0.15, 0.2) is 39.7 Å². The third kappa shape index (κ3) is 4.71. The quantitative estimate of drug-likeness (QED) is 0.706. The van der Waals surface area contributed by atoms with Crippen LogP contribution < -0.4 is 5.32 Å². The highest BCUT2D eigenvalue weighted by Gasteiger charge is 2.11. The molecule has 0 spiro atoms. The van der Waals surface area contributed by atoms with Crippen LogP contribution in [-0.2, 0) is 12.2 Å². The van der Waals surface area contributed by atoms with Crippen molar-refractivity contribution in [1.29, 1.82) is 0 Å². The molecule has 21 heavy (non-hydrogen) atoms. The molecular formula is C16H20BrN3S. The molecule has 2 aromatic rings. The lowest BCUT2D eigenvalue weighted by Gasteiger charge is -2.11. The van der Waals surface area contributed by atoms with Crippen LogP contribution in [0.3, 0.4) is 0 Å². The van der Waals surface area contributed by atoms with Crippen molar-refractivity contribution in [2.75, 3.05) is 11.9 Å². The minimum absolute atomic E-state index is 0.784. The molecule has 1 aromatic heterocycles. The maximum absolute atomic E-state index is 4.70. The highest BCUT2D eigenvalue weighted by atomic mass is 79.9. The summed E-state index contributed by atoms with van der Waals surface area (Å²) in [5.41, 5.74) is 1.09. The molecule has 112 valence electrons. The van der Waals surface area contributed by atoms with Crippen LogP contribution in [0.1, 0.15) is 31.8 Å². The molecule has 0 atom stereocenters. The number of halogens is 1. The van der Waals surface area contributed by atoms with E-state index in [4.69, 9.17) is 4.98 Å². The van der Waals surface area contributed by atoms with Crippen molar-refractivity contribution in [1.82, 2.24) is 9.97 Å². The van der Waals surface area contributed by atoms with E-state index in [1.54, 1.807) is 11.8 Å². The minimum atomic E-state index is 0.784. The molecule has 1 heterocycles. The first-order chi connectivity index (χ1) is 10.2. The first kappa shape index (κ1) is 16.3. The Hall–Kier alpha value is -1.07. The molecule has 3 nitrogen and oxygen atoms in total. The third-order valence-electron chi connectivity index (χ3n) is 2.91. The zero-order valence-electron chi connectivity index (χ0n) is 12.4. The van der Waals surface area contributed by atoms with E-state index < -0.39 is 0 Å². The van der Waals surface area contributed by atoms with Crippen LogP contribution in [0.25, 0.3) is 0 Å². The molecule has 2 rings (SSSR count). The summed E-state index contributed by atoms with van der Waals surface area (Å²) in [7, 11) is 0. The number of aryl methyl sites for hydroxylation is 1. The lowest BCUT2D eigenvalue weighted by molar-refractivity contribution is 0.845. The van der Waals surface area contributed by atoms with E-state index in [9.17, 15) is 0 Å². The average molecular weight is 366 g/mol. The molecule has 0 aliphatic carbocycles. The molecule has 0 saturated carbocycles. The van der Waals surface area contributed by atoms with Crippen molar-refractivity contribution in [2.24, 2.45) is 0 Å². The minimum Gasteiger partial charge on any atom is -0.369 e. The van der Waals surface area contributed by atoms with Gasteiger partial charge in [-0.3, -0.25) is 0 Å². The largest absolute Gasteiger partial charge is 0.369 e. The summed E-state index contributed by atoms with van der Waals surface area (Å²) < 4.78 is 1.000. The van der Waals surface area contributed by atoms with Gasteiger partial charge < -0.3 is 5.32 Å². The van der Waals surface area contributed by atoms with Gasteiger partial charge in [-0.1, -0.05) is 31.5 Å². The molecule has 1 aromatic carbocycles. The molecule has 0 aliphatic rings. The summed E-state index contributed by atoms with van der Waals surface area (Å²) in [6.45, 7) is 5.10. The Labute approximate surface area is 139 Å². The summed E-state index contributed by atoms with van der Waals surface area (Å²) in [5.74, 6) is 2.57. The maximum Gasteiger partial charge on any atom is 0.144 e. The Bertz CT molecular complexity index is 548. The van der Waals surface area contributed by atoms with Crippen molar-refractivity contribution >= 4 is 33.5 Å². The van der Waals surface area contributed by atoms with Crippen molar-refractivity contribution < 1.29 is 0 Å². The Morgan fingerprint density at radius 1 is 1.14 bits per heavy atom. The summed E-state index contributed by atoms with van der Waals surface area (Å²) in [4.78, 5) is 10.6. The van der Waals surface area contributed by atoms with E-state index in [1.165, 1.54) is 4.90 Å². The van der Waals surface area contributed by atoms with Crippen molar-refractivity contribution in [3.63, 3.8) is 0 Å². The average Bonchev–Trinajstić information content (AvgIpc) is 2.51. The highest BCUT2D eigenvalue weighted by Crippen LogP contribution is 2.27. The Morgan fingerprint density at radius 2 is 1.90 bits per heavy atom. The summed E-state index contributed by atoms with van der Waals surface area (Å²) >= 11 is 5.38. The third-order valence-corrected chi connectivity index (χ3v) is 4.75. The lowest BCUT2D eigenvalue weighted by Crippen LogP contribution is -2.07. The van der Waals surface area contributed by atoms with Crippen LogP contribution in [0.5, 0.6) is 0 Å². The van der Waals surface area contributed by atoms with Gasteiger partial charge in [-0.25, -0.2) is 9.97 Å². The number of nitrogens with one attached hydrogen (secondary N) is 1. The zero-order valence-corrected chi connectivity index (χ0v) is 14.8. The number of benzene rings is 1. The van der Waals surface area contributed by atoms with E-state index in [0.29, 0.717) is 0 Å². The maximum atomic E-state index is 4.70. The number of anilines is 1. The van der Waals surface area contributed by atoms with E-state index in [2.05, 4.69) is 64.3 Å². The molecule has 0 aliphatic heterocycles. The second-order valence-electron chi connectivity index (χ2n) is 4.63. The van der Waals surface area contributed by atoms with Crippen molar-refractivity contribution in [3.05, 3.63) is 46.3 Å². The van der Waals surface area contributed by atoms with Crippen LogP contribution in [-0.4, -0.2) is 16.5 Å². The number of hydrogen-bond acceptors (Lipinski definition) is 4. The fraction of sp³-hybridized carbons (Fsp3) is 0.375. The number of nitrogens with zero attached hydrogens (tertiary/aromatic N) is 2. The predicted molar refractivity (Wildman–Crippen MR) is 93.9 cm³/mol. The molecule has 0 amide bonds. The molecule has 0 radical (unpaired) electrons. The van der Waals surface area contributed by atoms with Gasteiger partial charge in [-0.2, -0.15) is 0 Å². The van der Waals surface area contributed by atoms with Gasteiger partial charge in [0.1, 0.15) is 11.6 Å². The smallest absolute Gasteiger partial charge is 0.144 e. The van der Waals surface area contributed by atoms with Gasteiger partial charge in [-0.05, 0) is 41.4 Å². The second kappa shape index (κ2) is 8.39. The van der Waals surface area contributed by atoms with Crippen LogP contribution in [0.2, 0.25) is 0 Å². The van der Waals surface area contributed by atoms with Gasteiger partial charge in [0.2, 0.25) is 0 Å². The summed E-state index contributed by atoms with van der Waals surface area (Å²) in [6.07, 6.45) is 2.04. The molecule has 0 unspecified atom stereocenters. The monoisotopic (exact) mass is 365 g/mol. The fourth-order valence-corrected chi connectivity index (χ4v) is 3.25. The van der Waals surface area contributed by atoms with Crippen LogP contribution >= 0.6 is 27.7 Å². The van der Waals surface area contributed by atoms with Gasteiger partial charge in [-0.15, -0.1) is 11.8 Å². The molecule has 0 bridgehead atoms. The molecule has 1 N–H and O–H groups in total. The van der Waals surface area contributed by atoms with Crippen LogP contribution in [0, 0.1) is 0 Å². The molecule has 0 saturated heterocycles. The van der Waals surface area contributed by atoms with Crippen molar-refractivity contribution in [3.8, 4) is 0 Å². The Morgan fingerprint density at radius 3 is 2.57 bits per heavy atom. The lowest BCUT2D eigenvalue weighted by atomic mass is 10.2. The fourth-order valence-electron chi connectivity index (χ4n) is 1.96. The topological polar surface area (TPSA) is 37.8 Å². The number of thioether (sulfide) groups is 1. The SMILES string of the molecule is CCCc1nc(CSc2ccccc2)nc(NCC)c1Br. The first-order valence-corrected chi connectivity index (χ1v) is 8.99. The van der Waals surface area contributed by atoms with Gasteiger partial charge >= 0.3 is 0 Å². The van der Waals surface area contributed by atoms with Gasteiger partial charge in [0.15, 0.2) is 0 Å². The number of rotatable bonds is 7. The Kier molecular flexibility index (Phi) is 6.51. The summed E-state index contributed by atoms with van der Waals surface area (Å²) in [5, 5.41) is 3.31. The number of hydrogen-bond donors (Lipinski definition) is 1. The van der Waals surface area contributed by atoms with Gasteiger partial charge in [0.05, 0.1) is 15.9 Å². The van der Waals surface area contributed by atoms with E-state index in [0.717, 1.165) is 46.9 Å². The predicted octanol–water partition coefficient (Wildman–Crippen LogP) is 4.92. The van der Waals surface area contributed by atoms with Gasteiger partial charge in [0, 0.05) is 11.4 Å².